The average Bonchev–Trinajstić information content (AvgIpc) is 2.55. The van der Waals surface area contributed by atoms with Gasteiger partial charge in [0.1, 0.15) is 0 Å². The molecule has 0 unspecified atom stereocenters. The minimum atomic E-state index is -0.216. The van der Waals surface area contributed by atoms with E-state index in [2.05, 4.69) is 15.3 Å². The lowest BCUT2D eigenvalue weighted by Gasteiger charge is -2.09. The van der Waals surface area contributed by atoms with Crippen LogP contribution in [0.2, 0.25) is 5.02 Å². The second-order valence-electron chi connectivity index (χ2n) is 5.02. The van der Waals surface area contributed by atoms with Crippen molar-refractivity contribution < 1.29 is 4.79 Å². The quantitative estimate of drug-likeness (QED) is 0.776. The number of carbonyl (C=O) groups excluding carboxylic acids is 1. The van der Waals surface area contributed by atoms with Crippen molar-refractivity contribution in [2.75, 3.05) is 5.32 Å². The van der Waals surface area contributed by atoms with Crippen molar-refractivity contribution in [3.63, 3.8) is 0 Å². The molecule has 1 aromatic heterocycles. The number of benzene rings is 2. The molecule has 0 bridgehead atoms. The van der Waals surface area contributed by atoms with E-state index in [-0.39, 0.29) is 11.9 Å². The van der Waals surface area contributed by atoms with Crippen molar-refractivity contribution in [2.45, 2.75) is 6.92 Å². The summed E-state index contributed by atoms with van der Waals surface area (Å²) in [5, 5.41) is 3.27. The first-order chi connectivity index (χ1) is 11.1. The van der Waals surface area contributed by atoms with Gasteiger partial charge in [0.15, 0.2) is 0 Å². The average molecular weight is 324 g/mol. The van der Waals surface area contributed by atoms with Crippen LogP contribution in [0.4, 0.5) is 5.95 Å². The Morgan fingerprint density at radius 3 is 2.22 bits per heavy atom. The first-order valence-corrected chi connectivity index (χ1v) is 7.47. The van der Waals surface area contributed by atoms with Crippen LogP contribution in [0.15, 0.2) is 60.7 Å². The smallest absolute Gasteiger partial charge is 0.230 e. The Bertz CT molecular complexity index is 850. The number of amides is 1. The summed E-state index contributed by atoms with van der Waals surface area (Å²) in [6, 6.07) is 19.0. The first-order valence-electron chi connectivity index (χ1n) is 7.10. The number of rotatable bonds is 3. The molecule has 3 rings (SSSR count). The molecule has 0 spiro atoms. The number of carbonyl (C=O) groups is 1. The van der Waals surface area contributed by atoms with Crippen LogP contribution in [0.1, 0.15) is 6.92 Å². The van der Waals surface area contributed by atoms with Crippen molar-refractivity contribution in [3.8, 4) is 22.5 Å². The number of nitrogens with zero attached hydrogens (tertiary/aromatic N) is 2. The number of nitrogens with one attached hydrogen (secondary N) is 1. The molecule has 0 fully saturated rings. The predicted octanol–water partition coefficient (Wildman–Crippen LogP) is 4.42. The van der Waals surface area contributed by atoms with Crippen LogP contribution in [-0.4, -0.2) is 15.9 Å². The third kappa shape index (κ3) is 3.73. The summed E-state index contributed by atoms with van der Waals surface area (Å²) >= 11 is 6.06. The highest BCUT2D eigenvalue weighted by atomic mass is 35.5. The molecule has 114 valence electrons. The standard InChI is InChI=1S/C18H14ClN3O/c1-12(23)20-18-21-16(13-6-3-2-4-7-13)11-17(22-18)14-8-5-9-15(19)10-14/h2-11H,1H3,(H,20,21,22,23). The summed E-state index contributed by atoms with van der Waals surface area (Å²) in [6.07, 6.45) is 0. The molecule has 1 heterocycles. The van der Waals surface area contributed by atoms with Gasteiger partial charge in [-0.2, -0.15) is 0 Å². The van der Waals surface area contributed by atoms with Crippen molar-refractivity contribution in [2.24, 2.45) is 0 Å². The lowest BCUT2D eigenvalue weighted by Crippen LogP contribution is -2.10. The van der Waals surface area contributed by atoms with E-state index in [1.54, 1.807) is 6.07 Å². The largest absolute Gasteiger partial charge is 0.295 e. The zero-order valence-electron chi connectivity index (χ0n) is 12.5. The van der Waals surface area contributed by atoms with Crippen molar-refractivity contribution in [1.82, 2.24) is 9.97 Å². The molecule has 0 aliphatic heterocycles. The Balaban J connectivity index is 2.13. The molecule has 0 radical (unpaired) electrons. The molecule has 23 heavy (non-hydrogen) atoms. The van der Waals surface area contributed by atoms with Crippen LogP contribution < -0.4 is 5.32 Å². The second kappa shape index (κ2) is 6.58. The van der Waals surface area contributed by atoms with Crippen LogP contribution in [0.5, 0.6) is 0 Å². The maximum atomic E-state index is 11.4. The fourth-order valence-corrected chi connectivity index (χ4v) is 2.40. The van der Waals surface area contributed by atoms with Gasteiger partial charge in [-0.1, -0.05) is 54.1 Å². The Labute approximate surface area is 139 Å². The van der Waals surface area contributed by atoms with Gasteiger partial charge >= 0.3 is 0 Å². The van der Waals surface area contributed by atoms with Crippen LogP contribution >= 0.6 is 11.6 Å². The molecule has 0 aliphatic carbocycles. The maximum absolute atomic E-state index is 11.4. The molecule has 5 heteroatoms. The highest BCUT2D eigenvalue weighted by Gasteiger charge is 2.09. The van der Waals surface area contributed by atoms with E-state index in [0.29, 0.717) is 10.7 Å². The SMILES string of the molecule is CC(=O)Nc1nc(-c2ccccc2)cc(-c2cccc(Cl)c2)n1. The highest BCUT2D eigenvalue weighted by Crippen LogP contribution is 2.26. The monoisotopic (exact) mass is 323 g/mol. The zero-order chi connectivity index (χ0) is 16.2. The third-order valence-corrected chi connectivity index (χ3v) is 3.44. The highest BCUT2D eigenvalue weighted by molar-refractivity contribution is 6.30. The van der Waals surface area contributed by atoms with Crippen LogP contribution in [0, 0.1) is 0 Å². The number of halogens is 1. The number of hydrogen-bond donors (Lipinski definition) is 1. The molecular formula is C18H14ClN3O. The summed E-state index contributed by atoms with van der Waals surface area (Å²) < 4.78 is 0. The number of aromatic nitrogens is 2. The lowest BCUT2D eigenvalue weighted by atomic mass is 10.1. The minimum absolute atomic E-state index is 0.216. The second-order valence-corrected chi connectivity index (χ2v) is 5.46. The van der Waals surface area contributed by atoms with Gasteiger partial charge in [0.2, 0.25) is 11.9 Å². The molecule has 0 saturated heterocycles. The van der Waals surface area contributed by atoms with Gasteiger partial charge in [-0.3, -0.25) is 10.1 Å². The maximum Gasteiger partial charge on any atom is 0.230 e. The molecule has 0 atom stereocenters. The van der Waals surface area contributed by atoms with E-state index >= 15 is 0 Å². The fourth-order valence-electron chi connectivity index (χ4n) is 2.21. The van der Waals surface area contributed by atoms with Gasteiger partial charge in [0.05, 0.1) is 11.4 Å². The van der Waals surface area contributed by atoms with E-state index in [1.165, 1.54) is 6.92 Å². The Hall–Kier alpha value is -2.72. The fraction of sp³-hybridized carbons (Fsp3) is 0.0556. The molecule has 1 amide bonds. The molecule has 1 N–H and O–H groups in total. The summed E-state index contributed by atoms with van der Waals surface area (Å²) in [4.78, 5) is 20.2. The third-order valence-electron chi connectivity index (χ3n) is 3.20. The van der Waals surface area contributed by atoms with Gasteiger partial charge in [0.25, 0.3) is 0 Å². The molecule has 4 nitrogen and oxygen atoms in total. The topological polar surface area (TPSA) is 54.9 Å². The Kier molecular flexibility index (Phi) is 4.35. The van der Waals surface area contributed by atoms with Gasteiger partial charge in [-0.15, -0.1) is 0 Å². The number of hydrogen-bond acceptors (Lipinski definition) is 3. The summed E-state index contributed by atoms with van der Waals surface area (Å²) in [5.41, 5.74) is 3.25. The molecule has 0 aliphatic rings. The van der Waals surface area contributed by atoms with Crippen molar-refractivity contribution in [3.05, 3.63) is 65.7 Å². The molecule has 0 saturated carbocycles. The van der Waals surface area contributed by atoms with E-state index in [1.807, 2.05) is 54.6 Å². The van der Waals surface area contributed by atoms with E-state index in [9.17, 15) is 4.79 Å². The Morgan fingerprint density at radius 2 is 1.57 bits per heavy atom. The normalized spacial score (nSPS) is 10.3. The molecular weight excluding hydrogens is 310 g/mol. The molecule has 2 aromatic carbocycles. The minimum Gasteiger partial charge on any atom is -0.295 e. The van der Waals surface area contributed by atoms with Crippen LogP contribution in [0.3, 0.4) is 0 Å². The van der Waals surface area contributed by atoms with Gasteiger partial charge in [0, 0.05) is 23.1 Å². The lowest BCUT2D eigenvalue weighted by molar-refractivity contribution is -0.114. The van der Waals surface area contributed by atoms with Crippen molar-refractivity contribution >= 4 is 23.5 Å². The van der Waals surface area contributed by atoms with Gasteiger partial charge < -0.3 is 0 Å². The van der Waals surface area contributed by atoms with Gasteiger partial charge in [-0.25, -0.2) is 9.97 Å². The summed E-state index contributed by atoms with van der Waals surface area (Å²) in [6.45, 7) is 1.43. The number of anilines is 1. The van der Waals surface area contributed by atoms with E-state index in [4.69, 9.17) is 11.6 Å². The Morgan fingerprint density at radius 1 is 0.913 bits per heavy atom. The summed E-state index contributed by atoms with van der Waals surface area (Å²) in [7, 11) is 0. The first kappa shape index (κ1) is 15.2. The van der Waals surface area contributed by atoms with Crippen LogP contribution in [-0.2, 0) is 4.79 Å². The summed E-state index contributed by atoms with van der Waals surface area (Å²) in [5.74, 6) is 0.0566. The van der Waals surface area contributed by atoms with Gasteiger partial charge in [-0.05, 0) is 18.2 Å². The van der Waals surface area contributed by atoms with E-state index < -0.39 is 0 Å². The zero-order valence-corrected chi connectivity index (χ0v) is 13.2. The van der Waals surface area contributed by atoms with Crippen molar-refractivity contribution in [1.29, 1.82) is 0 Å². The predicted molar refractivity (Wildman–Crippen MR) is 92.2 cm³/mol. The van der Waals surface area contributed by atoms with E-state index in [0.717, 1.165) is 16.8 Å². The molecule has 3 aromatic rings. The van der Waals surface area contributed by atoms with Crippen LogP contribution in [0.25, 0.3) is 22.5 Å².